The van der Waals surface area contributed by atoms with Crippen molar-refractivity contribution < 1.29 is 0 Å². The molecule has 0 aromatic rings. The zero-order valence-corrected chi connectivity index (χ0v) is 35.6. The van der Waals surface area contributed by atoms with E-state index in [-0.39, 0.29) is 34.9 Å². The van der Waals surface area contributed by atoms with Gasteiger partial charge in [0, 0.05) is 42.1 Å². The van der Waals surface area contributed by atoms with E-state index in [1.165, 1.54) is 16.7 Å². The lowest BCUT2D eigenvalue weighted by Crippen LogP contribution is -2.47. The predicted octanol–water partition coefficient (Wildman–Crippen LogP) is 11.2. The van der Waals surface area contributed by atoms with Gasteiger partial charge in [0.25, 0.3) is 0 Å². The highest BCUT2D eigenvalue weighted by atomic mass is 15.1. The van der Waals surface area contributed by atoms with Crippen LogP contribution in [0.2, 0.25) is 0 Å². The molecule has 1 saturated carbocycles. The average molecular weight is 726 g/mol. The van der Waals surface area contributed by atoms with Gasteiger partial charge in [-0.3, -0.25) is 0 Å². The Morgan fingerprint density at radius 3 is 2.09 bits per heavy atom. The van der Waals surface area contributed by atoms with Crippen LogP contribution in [0.3, 0.4) is 0 Å². The number of rotatable bonds is 27. The summed E-state index contributed by atoms with van der Waals surface area (Å²) < 4.78 is 0. The van der Waals surface area contributed by atoms with Crippen LogP contribution in [0.1, 0.15) is 114 Å². The van der Waals surface area contributed by atoms with Gasteiger partial charge in [-0.2, -0.15) is 0 Å². The first kappa shape index (κ1) is 45.6. The molecule has 0 aliphatic heterocycles. The number of hydrogen-bond donors (Lipinski definition) is 5. The molecule has 53 heavy (non-hydrogen) atoms. The maximum absolute atomic E-state index is 4.89. The van der Waals surface area contributed by atoms with Gasteiger partial charge in [0.1, 0.15) is 0 Å². The van der Waals surface area contributed by atoms with Crippen LogP contribution in [0.4, 0.5) is 0 Å². The molecule has 0 aromatic heterocycles. The number of hydrogen-bond acceptors (Lipinski definition) is 5. The van der Waals surface area contributed by atoms with Crippen LogP contribution < -0.4 is 26.6 Å². The SMILES string of the molecule is C=CCNC(=C)C(=C)C(CCC)NC(=C)C(CC(=C)C(NC(=C)NC(CCC(=C)NCC)C(C)(C)C)C1CC(C=C)=C(/C=C\C)C1)[C@@H]1[C@H](CC)C1(C)C. The first-order valence-corrected chi connectivity index (χ1v) is 20.4. The summed E-state index contributed by atoms with van der Waals surface area (Å²) in [5.74, 6) is 2.52. The highest BCUT2D eigenvalue weighted by Gasteiger charge is 2.60. The highest BCUT2D eigenvalue weighted by molar-refractivity contribution is 5.39. The van der Waals surface area contributed by atoms with Crippen molar-refractivity contribution in [2.24, 2.45) is 34.5 Å². The van der Waals surface area contributed by atoms with Crippen molar-refractivity contribution in [2.45, 2.75) is 132 Å². The third kappa shape index (κ3) is 12.8. The molecule has 1 fully saturated rings. The second kappa shape index (κ2) is 20.7. The average Bonchev–Trinajstić information content (AvgIpc) is 3.41. The minimum atomic E-state index is 0.0200. The molecule has 296 valence electrons. The maximum atomic E-state index is 4.89. The maximum Gasteiger partial charge on any atom is 0.0919 e. The summed E-state index contributed by atoms with van der Waals surface area (Å²) in [7, 11) is 0. The van der Waals surface area contributed by atoms with Crippen molar-refractivity contribution in [2.75, 3.05) is 13.1 Å². The third-order valence-electron chi connectivity index (χ3n) is 11.9. The van der Waals surface area contributed by atoms with Crippen molar-refractivity contribution in [1.29, 1.82) is 0 Å². The molecule has 0 bridgehead atoms. The molecule has 2 aliphatic rings. The predicted molar refractivity (Wildman–Crippen MR) is 235 cm³/mol. The van der Waals surface area contributed by atoms with Crippen LogP contribution in [0, 0.1) is 34.5 Å². The van der Waals surface area contributed by atoms with Crippen LogP contribution in [-0.4, -0.2) is 31.2 Å². The fraction of sp³-hybridized carbons (Fsp3) is 0.583. The Morgan fingerprint density at radius 1 is 0.906 bits per heavy atom. The van der Waals surface area contributed by atoms with E-state index in [1.807, 2.05) is 12.2 Å². The lowest BCUT2D eigenvalue weighted by Gasteiger charge is -2.37. The van der Waals surface area contributed by atoms with E-state index < -0.39 is 0 Å². The van der Waals surface area contributed by atoms with Crippen LogP contribution >= 0.6 is 0 Å². The van der Waals surface area contributed by atoms with Gasteiger partial charge in [0.15, 0.2) is 0 Å². The monoisotopic (exact) mass is 726 g/mol. The molecule has 5 N–H and O–H groups in total. The topological polar surface area (TPSA) is 60.1 Å². The van der Waals surface area contributed by atoms with E-state index in [4.69, 9.17) is 13.2 Å². The third-order valence-corrected chi connectivity index (χ3v) is 11.9. The molecule has 5 heteroatoms. The molecule has 0 saturated heterocycles. The standard InChI is InChI=1S/C48H79N5/c1-18-24-39-31-40(30-38(39)21-4)46(53-37(12)52-44(47(13,14)15)27-26-33(8)49-23-6)32(7)29-41(45-42(22-5)48(45,16)17)36(11)51-43(25-19-2)34(9)35(10)50-28-20-3/h18,20-21,24,40-46,49-53H,3-4,7-12,19,22-23,25-31H2,1-2,5-6,13-17H3/b24-18-/t40?,41?,42-,43?,44?,45+,46?/m0/s1. The summed E-state index contributed by atoms with van der Waals surface area (Å²) >= 11 is 0. The van der Waals surface area contributed by atoms with E-state index in [1.54, 1.807) is 0 Å². The molecule has 0 aromatic carbocycles. The summed E-state index contributed by atoms with van der Waals surface area (Å²) in [5.41, 5.74) is 8.12. The minimum Gasteiger partial charge on any atom is -0.389 e. The van der Waals surface area contributed by atoms with Crippen molar-refractivity contribution >= 4 is 0 Å². The Bertz CT molecular complexity index is 1400. The Hall–Kier alpha value is -3.60. The first-order chi connectivity index (χ1) is 24.9. The fourth-order valence-corrected chi connectivity index (χ4v) is 8.81. The van der Waals surface area contributed by atoms with Gasteiger partial charge < -0.3 is 26.6 Å². The first-order valence-electron chi connectivity index (χ1n) is 20.4. The Labute approximate surface area is 327 Å². The van der Waals surface area contributed by atoms with Crippen LogP contribution in [0.5, 0.6) is 0 Å². The molecule has 0 heterocycles. The van der Waals surface area contributed by atoms with Gasteiger partial charge in [-0.05, 0) is 97.7 Å². The summed E-state index contributed by atoms with van der Waals surface area (Å²) in [5, 5.41) is 18.4. The van der Waals surface area contributed by atoms with Gasteiger partial charge in [0.2, 0.25) is 0 Å². The number of allylic oxidation sites excluding steroid dienone is 7. The second-order valence-electron chi connectivity index (χ2n) is 17.3. The molecule has 2 rings (SSSR count). The van der Waals surface area contributed by atoms with Gasteiger partial charge in [-0.1, -0.05) is 137 Å². The number of nitrogens with one attached hydrogen (secondary N) is 5. The zero-order valence-electron chi connectivity index (χ0n) is 35.6. The zero-order chi connectivity index (χ0) is 40.1. The second-order valence-corrected chi connectivity index (χ2v) is 17.3. The lowest BCUT2D eigenvalue weighted by molar-refractivity contribution is 0.260. The van der Waals surface area contributed by atoms with Crippen LogP contribution in [-0.2, 0) is 0 Å². The normalized spacial score (nSPS) is 21.5. The summed E-state index contributed by atoms with van der Waals surface area (Å²) in [6.45, 7) is 57.3. The summed E-state index contributed by atoms with van der Waals surface area (Å²) in [6.07, 6.45) is 16.0. The Morgan fingerprint density at radius 2 is 1.57 bits per heavy atom. The van der Waals surface area contributed by atoms with Crippen LogP contribution in [0.25, 0.3) is 0 Å². The molecule has 0 spiro atoms. The smallest absolute Gasteiger partial charge is 0.0919 e. The molecule has 0 radical (unpaired) electrons. The van der Waals surface area contributed by atoms with E-state index >= 15 is 0 Å². The Balaban J connectivity index is 2.46. The van der Waals surface area contributed by atoms with Crippen molar-refractivity contribution in [1.82, 2.24) is 26.6 Å². The van der Waals surface area contributed by atoms with Gasteiger partial charge in [-0.25, -0.2) is 0 Å². The van der Waals surface area contributed by atoms with Crippen molar-refractivity contribution in [3.8, 4) is 0 Å². The molecule has 0 amide bonds. The van der Waals surface area contributed by atoms with Crippen molar-refractivity contribution in [3.05, 3.63) is 122 Å². The van der Waals surface area contributed by atoms with E-state index in [2.05, 4.69) is 141 Å². The summed E-state index contributed by atoms with van der Waals surface area (Å²) in [6, 6.07) is 0.277. The molecule has 7 atom stereocenters. The minimum absolute atomic E-state index is 0.0200. The molecular weight excluding hydrogens is 647 g/mol. The highest BCUT2D eigenvalue weighted by Crippen LogP contribution is 2.65. The lowest BCUT2D eigenvalue weighted by atomic mass is 9.81. The molecular formula is C48H79N5. The Kier molecular flexibility index (Phi) is 17.8. The summed E-state index contributed by atoms with van der Waals surface area (Å²) in [4.78, 5) is 0. The van der Waals surface area contributed by atoms with Crippen molar-refractivity contribution in [3.63, 3.8) is 0 Å². The van der Waals surface area contributed by atoms with Crippen LogP contribution in [0.15, 0.2) is 122 Å². The van der Waals surface area contributed by atoms with Gasteiger partial charge in [0.05, 0.1) is 17.9 Å². The van der Waals surface area contributed by atoms with E-state index in [0.717, 1.165) is 86.4 Å². The van der Waals surface area contributed by atoms with Gasteiger partial charge >= 0.3 is 0 Å². The molecule has 2 aliphatic carbocycles. The van der Waals surface area contributed by atoms with E-state index in [9.17, 15) is 0 Å². The van der Waals surface area contributed by atoms with Gasteiger partial charge in [-0.15, -0.1) is 6.58 Å². The quantitative estimate of drug-likeness (QED) is 0.0431. The molecule has 5 unspecified atom stereocenters. The largest absolute Gasteiger partial charge is 0.389 e. The molecule has 5 nitrogen and oxygen atoms in total. The fourth-order valence-electron chi connectivity index (χ4n) is 8.81. The van der Waals surface area contributed by atoms with E-state index in [0.29, 0.717) is 24.3 Å².